The topological polar surface area (TPSA) is 50.9 Å². The van der Waals surface area contributed by atoms with Gasteiger partial charge in [-0.15, -0.1) is 0 Å². The third kappa shape index (κ3) is 3.63. The molecule has 2 aromatic rings. The molecule has 19 heavy (non-hydrogen) atoms. The summed E-state index contributed by atoms with van der Waals surface area (Å²) in [6.45, 7) is 2.07. The SMILES string of the molecule is Cc1cccc(C(Cc2cncc(Br)c2)NN)c1Br. The highest BCUT2D eigenvalue weighted by Crippen LogP contribution is 2.28. The summed E-state index contributed by atoms with van der Waals surface area (Å²) >= 11 is 7.06. The number of nitrogens with one attached hydrogen (secondary N) is 1. The Bertz CT molecular complexity index is 572. The number of aryl methyl sites for hydroxylation is 1. The second-order valence-electron chi connectivity index (χ2n) is 4.41. The van der Waals surface area contributed by atoms with E-state index in [1.165, 1.54) is 5.56 Å². The first-order chi connectivity index (χ1) is 9.11. The van der Waals surface area contributed by atoms with E-state index in [1.54, 1.807) is 6.20 Å². The zero-order valence-electron chi connectivity index (χ0n) is 10.5. The molecule has 0 aliphatic rings. The summed E-state index contributed by atoms with van der Waals surface area (Å²) in [7, 11) is 0. The van der Waals surface area contributed by atoms with E-state index in [0.29, 0.717) is 0 Å². The van der Waals surface area contributed by atoms with Crippen molar-refractivity contribution in [1.82, 2.24) is 10.4 Å². The molecule has 5 heteroatoms. The smallest absolute Gasteiger partial charge is 0.0512 e. The van der Waals surface area contributed by atoms with Crippen molar-refractivity contribution in [1.29, 1.82) is 0 Å². The van der Waals surface area contributed by atoms with Gasteiger partial charge in [0.1, 0.15) is 0 Å². The van der Waals surface area contributed by atoms with Crippen molar-refractivity contribution in [2.75, 3.05) is 0 Å². The third-order valence-corrected chi connectivity index (χ3v) is 4.52. The molecule has 0 saturated heterocycles. The van der Waals surface area contributed by atoms with Crippen LogP contribution < -0.4 is 11.3 Å². The molecule has 3 nitrogen and oxygen atoms in total. The number of hydrogen-bond acceptors (Lipinski definition) is 3. The molecule has 3 N–H and O–H groups in total. The maximum Gasteiger partial charge on any atom is 0.0512 e. The van der Waals surface area contributed by atoms with Crippen LogP contribution in [-0.2, 0) is 6.42 Å². The Morgan fingerprint density at radius 3 is 2.79 bits per heavy atom. The molecule has 1 atom stereocenters. The van der Waals surface area contributed by atoms with Crippen LogP contribution >= 0.6 is 31.9 Å². The van der Waals surface area contributed by atoms with Crippen molar-refractivity contribution in [2.24, 2.45) is 5.84 Å². The quantitative estimate of drug-likeness (QED) is 0.624. The highest BCUT2D eigenvalue weighted by Gasteiger charge is 2.15. The summed E-state index contributed by atoms with van der Waals surface area (Å²) in [4.78, 5) is 4.18. The van der Waals surface area contributed by atoms with Crippen LogP contribution in [0.1, 0.15) is 22.7 Å². The molecule has 0 saturated carbocycles. The van der Waals surface area contributed by atoms with E-state index in [-0.39, 0.29) is 6.04 Å². The Labute approximate surface area is 129 Å². The number of aromatic nitrogens is 1. The van der Waals surface area contributed by atoms with Crippen molar-refractivity contribution < 1.29 is 0 Å². The number of pyridine rings is 1. The normalized spacial score (nSPS) is 12.4. The lowest BCUT2D eigenvalue weighted by atomic mass is 9.99. The van der Waals surface area contributed by atoms with E-state index in [1.807, 2.05) is 12.3 Å². The van der Waals surface area contributed by atoms with Crippen molar-refractivity contribution in [3.63, 3.8) is 0 Å². The van der Waals surface area contributed by atoms with Gasteiger partial charge in [0.05, 0.1) is 6.04 Å². The number of hydrogen-bond donors (Lipinski definition) is 2. The number of rotatable bonds is 4. The molecule has 0 bridgehead atoms. The third-order valence-electron chi connectivity index (χ3n) is 3.00. The standard InChI is InChI=1S/C14H15Br2N3/c1-9-3-2-4-12(14(9)16)13(19-17)6-10-5-11(15)8-18-7-10/h2-5,7-8,13,19H,6,17H2,1H3. The highest BCUT2D eigenvalue weighted by molar-refractivity contribution is 9.10. The second kappa shape index (κ2) is 6.61. The Balaban J connectivity index is 2.28. The minimum Gasteiger partial charge on any atom is -0.271 e. The van der Waals surface area contributed by atoms with Crippen molar-refractivity contribution in [2.45, 2.75) is 19.4 Å². The van der Waals surface area contributed by atoms with Crippen LogP contribution in [0.3, 0.4) is 0 Å². The maximum absolute atomic E-state index is 5.71. The van der Waals surface area contributed by atoms with Crippen LogP contribution in [0.4, 0.5) is 0 Å². The van der Waals surface area contributed by atoms with E-state index in [2.05, 4.69) is 67.4 Å². The van der Waals surface area contributed by atoms with Gasteiger partial charge >= 0.3 is 0 Å². The van der Waals surface area contributed by atoms with E-state index in [0.717, 1.165) is 26.5 Å². The number of nitrogens with two attached hydrogens (primary N) is 1. The first-order valence-electron chi connectivity index (χ1n) is 5.92. The molecule has 1 heterocycles. The van der Waals surface area contributed by atoms with Gasteiger partial charge in [0.2, 0.25) is 0 Å². The molecular formula is C14H15Br2N3. The van der Waals surface area contributed by atoms with Gasteiger partial charge < -0.3 is 0 Å². The van der Waals surface area contributed by atoms with Gasteiger partial charge in [-0.05, 0) is 52.0 Å². The van der Waals surface area contributed by atoms with Crippen LogP contribution in [0.5, 0.6) is 0 Å². The second-order valence-corrected chi connectivity index (χ2v) is 6.12. The van der Waals surface area contributed by atoms with Crippen LogP contribution in [0.2, 0.25) is 0 Å². The monoisotopic (exact) mass is 383 g/mol. The van der Waals surface area contributed by atoms with Crippen LogP contribution in [0, 0.1) is 6.92 Å². The zero-order valence-corrected chi connectivity index (χ0v) is 13.7. The molecule has 0 fully saturated rings. The molecule has 0 radical (unpaired) electrons. The van der Waals surface area contributed by atoms with Gasteiger partial charge in [-0.1, -0.05) is 34.1 Å². The maximum atomic E-state index is 5.71. The Morgan fingerprint density at radius 2 is 2.11 bits per heavy atom. The fourth-order valence-corrected chi connectivity index (χ4v) is 2.95. The zero-order chi connectivity index (χ0) is 13.8. The molecule has 1 aromatic heterocycles. The average Bonchev–Trinajstić information content (AvgIpc) is 2.40. The lowest BCUT2D eigenvalue weighted by Crippen LogP contribution is -2.30. The Kier molecular flexibility index (Phi) is 5.10. The van der Waals surface area contributed by atoms with Crippen LogP contribution in [0.25, 0.3) is 0 Å². The average molecular weight is 385 g/mol. The van der Waals surface area contributed by atoms with Crippen molar-refractivity contribution >= 4 is 31.9 Å². The van der Waals surface area contributed by atoms with Gasteiger partial charge in [-0.25, -0.2) is 0 Å². The van der Waals surface area contributed by atoms with E-state index in [9.17, 15) is 0 Å². The molecule has 1 aromatic carbocycles. The fraction of sp³-hybridized carbons (Fsp3) is 0.214. The summed E-state index contributed by atoms with van der Waals surface area (Å²) in [5, 5.41) is 0. The first kappa shape index (κ1) is 14.7. The molecule has 2 rings (SSSR count). The molecule has 100 valence electrons. The number of halogens is 2. The lowest BCUT2D eigenvalue weighted by molar-refractivity contribution is 0.549. The summed E-state index contributed by atoms with van der Waals surface area (Å²) < 4.78 is 2.07. The minimum atomic E-state index is 0.0466. The largest absolute Gasteiger partial charge is 0.271 e. The molecule has 0 aliphatic heterocycles. The Hall–Kier alpha value is -0.750. The fourth-order valence-electron chi connectivity index (χ4n) is 2.00. The van der Waals surface area contributed by atoms with Gasteiger partial charge in [0.15, 0.2) is 0 Å². The van der Waals surface area contributed by atoms with Gasteiger partial charge in [-0.2, -0.15) is 0 Å². The summed E-state index contributed by atoms with van der Waals surface area (Å²) in [6.07, 6.45) is 4.42. The predicted octanol–water partition coefficient (Wildman–Crippen LogP) is 3.66. The molecule has 1 unspecified atom stereocenters. The van der Waals surface area contributed by atoms with Crippen LogP contribution in [0.15, 0.2) is 45.6 Å². The molecule has 0 amide bonds. The molecular weight excluding hydrogens is 370 g/mol. The number of hydrazine groups is 1. The molecule has 0 aliphatic carbocycles. The van der Waals surface area contributed by atoms with E-state index >= 15 is 0 Å². The lowest BCUT2D eigenvalue weighted by Gasteiger charge is -2.19. The number of nitrogens with zero attached hydrogens (tertiary/aromatic N) is 1. The predicted molar refractivity (Wildman–Crippen MR) is 84.6 cm³/mol. The highest BCUT2D eigenvalue weighted by atomic mass is 79.9. The first-order valence-corrected chi connectivity index (χ1v) is 7.51. The van der Waals surface area contributed by atoms with Gasteiger partial charge in [0.25, 0.3) is 0 Å². The minimum absolute atomic E-state index is 0.0466. The summed E-state index contributed by atoms with van der Waals surface area (Å²) in [5.41, 5.74) is 6.37. The van der Waals surface area contributed by atoms with Gasteiger partial charge in [-0.3, -0.25) is 16.3 Å². The number of benzene rings is 1. The Morgan fingerprint density at radius 1 is 1.32 bits per heavy atom. The van der Waals surface area contributed by atoms with Crippen molar-refractivity contribution in [3.8, 4) is 0 Å². The molecule has 0 spiro atoms. The van der Waals surface area contributed by atoms with Crippen molar-refractivity contribution in [3.05, 3.63) is 62.3 Å². The summed E-state index contributed by atoms with van der Waals surface area (Å²) in [5.74, 6) is 5.71. The van der Waals surface area contributed by atoms with Gasteiger partial charge in [0, 0.05) is 21.3 Å². The van der Waals surface area contributed by atoms with Crippen LogP contribution in [-0.4, -0.2) is 4.98 Å². The van der Waals surface area contributed by atoms with E-state index in [4.69, 9.17) is 5.84 Å². The van der Waals surface area contributed by atoms with E-state index < -0.39 is 0 Å². The summed E-state index contributed by atoms with van der Waals surface area (Å²) in [6, 6.07) is 8.29.